The lowest BCUT2D eigenvalue weighted by Crippen LogP contribution is -2.26. The van der Waals surface area contributed by atoms with E-state index in [1.54, 1.807) is 42.6 Å². The van der Waals surface area contributed by atoms with Gasteiger partial charge in [-0.3, -0.25) is 9.78 Å². The van der Waals surface area contributed by atoms with Gasteiger partial charge in [-0.1, -0.05) is 23.7 Å². The van der Waals surface area contributed by atoms with Crippen LogP contribution < -0.4 is 10.6 Å². The highest BCUT2D eigenvalue weighted by molar-refractivity contribution is 6.30. The lowest BCUT2D eigenvalue weighted by molar-refractivity contribution is 0.0949. The van der Waals surface area contributed by atoms with E-state index in [9.17, 15) is 9.18 Å². The van der Waals surface area contributed by atoms with Crippen molar-refractivity contribution >= 4 is 28.9 Å². The molecule has 0 unspecified atom stereocenters. The number of carbonyl (C=O) groups is 1. The van der Waals surface area contributed by atoms with Gasteiger partial charge in [-0.05, 0) is 60.5 Å². The third-order valence-electron chi connectivity index (χ3n) is 3.74. The Balaban J connectivity index is 1.57. The molecule has 26 heavy (non-hydrogen) atoms. The van der Waals surface area contributed by atoms with Gasteiger partial charge in [-0.2, -0.15) is 0 Å². The molecule has 132 valence electrons. The number of pyridine rings is 1. The van der Waals surface area contributed by atoms with Crippen LogP contribution in [0.3, 0.4) is 0 Å². The zero-order valence-corrected chi connectivity index (χ0v) is 14.6. The molecular formula is C20H17ClFN3O. The van der Waals surface area contributed by atoms with E-state index in [2.05, 4.69) is 15.6 Å². The zero-order valence-electron chi connectivity index (χ0n) is 13.9. The van der Waals surface area contributed by atoms with Crippen molar-refractivity contribution in [2.24, 2.45) is 0 Å². The summed E-state index contributed by atoms with van der Waals surface area (Å²) in [5, 5.41) is 6.68. The van der Waals surface area contributed by atoms with E-state index >= 15 is 0 Å². The Morgan fingerprint density at radius 2 is 1.73 bits per heavy atom. The first-order chi connectivity index (χ1) is 12.6. The number of nitrogens with one attached hydrogen (secondary N) is 2. The summed E-state index contributed by atoms with van der Waals surface area (Å²) in [6.45, 7) is 0.445. The number of carbonyl (C=O) groups excluding carboxylic acids is 1. The molecule has 0 saturated heterocycles. The van der Waals surface area contributed by atoms with Gasteiger partial charge in [-0.25, -0.2) is 4.39 Å². The van der Waals surface area contributed by atoms with Crippen molar-refractivity contribution in [1.29, 1.82) is 0 Å². The molecule has 6 heteroatoms. The van der Waals surface area contributed by atoms with Gasteiger partial charge in [0.25, 0.3) is 5.91 Å². The third-order valence-corrected chi connectivity index (χ3v) is 3.99. The summed E-state index contributed by atoms with van der Waals surface area (Å²) in [5.74, 6) is -0.529. The number of amides is 1. The highest BCUT2D eigenvalue weighted by Crippen LogP contribution is 2.19. The topological polar surface area (TPSA) is 54.0 Å². The van der Waals surface area contributed by atoms with Crippen molar-refractivity contribution in [3.05, 3.63) is 89.0 Å². The molecule has 0 atom stereocenters. The van der Waals surface area contributed by atoms with Crippen LogP contribution in [0, 0.1) is 5.82 Å². The summed E-state index contributed by atoms with van der Waals surface area (Å²) in [6.07, 6.45) is 2.20. The predicted octanol–water partition coefficient (Wildman–Crippen LogP) is 4.59. The molecule has 1 heterocycles. The molecule has 0 aliphatic heterocycles. The van der Waals surface area contributed by atoms with Crippen molar-refractivity contribution in [1.82, 2.24) is 10.3 Å². The molecule has 4 nitrogen and oxygen atoms in total. The zero-order chi connectivity index (χ0) is 18.4. The monoisotopic (exact) mass is 369 g/mol. The summed E-state index contributed by atoms with van der Waals surface area (Å²) in [7, 11) is 0. The van der Waals surface area contributed by atoms with E-state index in [0.717, 1.165) is 16.9 Å². The van der Waals surface area contributed by atoms with Crippen LogP contribution in [0.15, 0.2) is 66.9 Å². The number of aromatic nitrogens is 1. The molecule has 0 spiro atoms. The van der Waals surface area contributed by atoms with E-state index in [4.69, 9.17) is 11.6 Å². The lowest BCUT2D eigenvalue weighted by atomic mass is 10.1. The highest BCUT2D eigenvalue weighted by atomic mass is 35.5. The number of hydrogen-bond donors (Lipinski definition) is 2. The second-order valence-corrected chi connectivity index (χ2v) is 6.13. The van der Waals surface area contributed by atoms with Crippen LogP contribution in [-0.2, 0) is 6.42 Å². The number of anilines is 2. The Morgan fingerprint density at radius 3 is 2.46 bits per heavy atom. The van der Waals surface area contributed by atoms with Crippen molar-refractivity contribution in [3.63, 3.8) is 0 Å². The molecule has 1 amide bonds. The average Bonchev–Trinajstić information content (AvgIpc) is 2.65. The Kier molecular flexibility index (Phi) is 5.81. The third kappa shape index (κ3) is 5.04. The number of nitrogens with zero attached hydrogens (tertiary/aromatic N) is 1. The normalized spacial score (nSPS) is 10.4. The van der Waals surface area contributed by atoms with Crippen LogP contribution in [0.1, 0.15) is 16.1 Å². The van der Waals surface area contributed by atoms with Crippen molar-refractivity contribution in [2.75, 3.05) is 11.9 Å². The van der Waals surface area contributed by atoms with Crippen LogP contribution in [0.4, 0.5) is 15.8 Å². The first kappa shape index (κ1) is 17.9. The summed E-state index contributed by atoms with van der Waals surface area (Å²) in [5.41, 5.74) is 2.90. The molecule has 0 bridgehead atoms. The number of benzene rings is 2. The minimum Gasteiger partial charge on any atom is -0.355 e. The lowest BCUT2D eigenvalue weighted by Gasteiger charge is -2.09. The van der Waals surface area contributed by atoms with E-state index in [0.29, 0.717) is 23.7 Å². The smallest absolute Gasteiger partial charge is 0.269 e. The van der Waals surface area contributed by atoms with Gasteiger partial charge in [0.05, 0.1) is 0 Å². The van der Waals surface area contributed by atoms with Gasteiger partial charge < -0.3 is 10.6 Å². The Bertz CT molecular complexity index is 882. The van der Waals surface area contributed by atoms with Crippen LogP contribution in [0.5, 0.6) is 0 Å². The molecule has 3 aromatic rings. The second-order valence-electron chi connectivity index (χ2n) is 5.69. The quantitative estimate of drug-likeness (QED) is 0.668. The molecule has 0 aliphatic rings. The molecule has 0 radical (unpaired) electrons. The maximum Gasteiger partial charge on any atom is 0.269 e. The van der Waals surface area contributed by atoms with E-state index < -0.39 is 0 Å². The van der Waals surface area contributed by atoms with Crippen molar-refractivity contribution in [3.8, 4) is 0 Å². The Labute approximate surface area is 156 Å². The first-order valence-corrected chi connectivity index (χ1v) is 8.49. The SMILES string of the molecule is O=C(NCCc1ccc(F)cc1)c1cc(Nc2ccc(Cl)cc2)ccn1. The maximum atomic E-state index is 12.9. The van der Waals surface area contributed by atoms with Crippen molar-refractivity contribution < 1.29 is 9.18 Å². The standard InChI is InChI=1S/C20H17ClFN3O/c21-15-3-7-17(8-4-15)25-18-10-12-23-19(13-18)20(26)24-11-9-14-1-5-16(22)6-2-14/h1-8,10,12-13H,9,11H2,(H,23,25)(H,24,26). The molecule has 2 N–H and O–H groups in total. The van der Waals surface area contributed by atoms with Crippen LogP contribution in [0.25, 0.3) is 0 Å². The van der Waals surface area contributed by atoms with E-state index in [1.807, 2.05) is 12.1 Å². The minimum atomic E-state index is -0.271. The number of hydrogen-bond acceptors (Lipinski definition) is 3. The van der Waals surface area contributed by atoms with Gasteiger partial charge in [-0.15, -0.1) is 0 Å². The summed E-state index contributed by atoms with van der Waals surface area (Å²) >= 11 is 5.87. The van der Waals surface area contributed by atoms with Gasteiger partial charge in [0.1, 0.15) is 11.5 Å². The van der Waals surface area contributed by atoms with Crippen molar-refractivity contribution in [2.45, 2.75) is 6.42 Å². The molecule has 1 aromatic heterocycles. The summed E-state index contributed by atoms with van der Waals surface area (Å²) in [6, 6.07) is 17.0. The molecule has 0 fully saturated rings. The largest absolute Gasteiger partial charge is 0.355 e. The van der Waals surface area contributed by atoms with Crippen LogP contribution in [-0.4, -0.2) is 17.4 Å². The highest BCUT2D eigenvalue weighted by Gasteiger charge is 2.08. The molecular weight excluding hydrogens is 353 g/mol. The molecule has 3 rings (SSSR count). The second kappa shape index (κ2) is 8.45. The fraction of sp³-hybridized carbons (Fsp3) is 0.100. The first-order valence-electron chi connectivity index (χ1n) is 8.11. The fourth-order valence-electron chi connectivity index (χ4n) is 2.39. The maximum absolute atomic E-state index is 12.9. The number of halogens is 2. The molecule has 0 aliphatic carbocycles. The minimum absolute atomic E-state index is 0.258. The fourth-order valence-corrected chi connectivity index (χ4v) is 2.52. The predicted molar refractivity (Wildman–Crippen MR) is 101 cm³/mol. The molecule has 2 aromatic carbocycles. The van der Waals surface area contributed by atoms with Gasteiger partial charge in [0.2, 0.25) is 0 Å². The summed E-state index contributed by atoms with van der Waals surface area (Å²) < 4.78 is 12.9. The number of rotatable bonds is 6. The average molecular weight is 370 g/mol. The van der Waals surface area contributed by atoms with Gasteiger partial charge in [0.15, 0.2) is 0 Å². The van der Waals surface area contributed by atoms with E-state index in [1.165, 1.54) is 12.1 Å². The van der Waals surface area contributed by atoms with Crippen LogP contribution >= 0.6 is 11.6 Å². The Morgan fingerprint density at radius 1 is 1.00 bits per heavy atom. The van der Waals surface area contributed by atoms with E-state index in [-0.39, 0.29) is 11.7 Å². The molecule has 0 saturated carbocycles. The Hall–Kier alpha value is -2.92. The summed E-state index contributed by atoms with van der Waals surface area (Å²) in [4.78, 5) is 16.4. The van der Waals surface area contributed by atoms with Gasteiger partial charge in [0, 0.05) is 29.1 Å². The van der Waals surface area contributed by atoms with Gasteiger partial charge >= 0.3 is 0 Å². The van der Waals surface area contributed by atoms with Crippen LogP contribution in [0.2, 0.25) is 5.02 Å².